The minimum atomic E-state index is -0.752. The van der Waals surface area contributed by atoms with Crippen molar-refractivity contribution in [3.63, 3.8) is 0 Å². The fourth-order valence-corrected chi connectivity index (χ4v) is 5.79. The average molecular weight is 535 g/mol. The van der Waals surface area contributed by atoms with E-state index >= 15 is 0 Å². The summed E-state index contributed by atoms with van der Waals surface area (Å²) in [6, 6.07) is 35.9. The highest BCUT2D eigenvalue weighted by Gasteiger charge is 2.42. The fourth-order valence-electron chi connectivity index (χ4n) is 5.79. The lowest BCUT2D eigenvalue weighted by atomic mass is 9.85. The van der Waals surface area contributed by atoms with Crippen molar-refractivity contribution in [3.8, 4) is 0 Å². The van der Waals surface area contributed by atoms with Gasteiger partial charge in [0, 0.05) is 0 Å². The third-order valence-electron chi connectivity index (χ3n) is 7.80. The number of hydrogen-bond donors (Lipinski definition) is 2. The van der Waals surface area contributed by atoms with Crippen LogP contribution in [-0.4, -0.2) is 44.4 Å². The molecule has 0 radical (unpaired) electrons. The summed E-state index contributed by atoms with van der Waals surface area (Å²) in [5, 5.41) is 24.4. The number of benzene rings is 4. The molecular weight excluding hydrogens is 500 g/mol. The molecule has 1 saturated carbocycles. The summed E-state index contributed by atoms with van der Waals surface area (Å²) in [5.74, 6) is -2.42. The Bertz CT molecular complexity index is 1190. The molecule has 4 aromatic rings. The van der Waals surface area contributed by atoms with Gasteiger partial charge in [0.1, 0.15) is 0 Å². The van der Waals surface area contributed by atoms with E-state index in [1.165, 1.54) is 0 Å². The third-order valence-corrected chi connectivity index (χ3v) is 7.80. The van der Waals surface area contributed by atoms with Crippen LogP contribution in [0.1, 0.15) is 59.8 Å². The maximum atomic E-state index is 13.9. The van der Waals surface area contributed by atoms with Gasteiger partial charge in [0.25, 0.3) is 11.8 Å². The molecule has 5 rings (SSSR count). The van der Waals surface area contributed by atoms with Crippen molar-refractivity contribution < 1.29 is 20.0 Å². The third kappa shape index (κ3) is 5.83. The van der Waals surface area contributed by atoms with E-state index in [9.17, 15) is 20.0 Å². The summed E-state index contributed by atoms with van der Waals surface area (Å²) in [6.45, 7) is 0. The summed E-state index contributed by atoms with van der Waals surface area (Å²) in [6.07, 6.45) is 2.48. The Labute approximate surface area is 235 Å². The molecule has 0 aromatic heterocycles. The Kier molecular flexibility index (Phi) is 8.69. The minimum Gasteiger partial charge on any atom is -0.286 e. The topological polar surface area (TPSA) is 81.1 Å². The van der Waals surface area contributed by atoms with E-state index < -0.39 is 35.7 Å². The molecule has 6 heteroatoms. The van der Waals surface area contributed by atoms with Gasteiger partial charge in [0.15, 0.2) is 0 Å². The van der Waals surface area contributed by atoms with E-state index in [0.717, 1.165) is 45.2 Å². The Morgan fingerprint density at radius 3 is 1.00 bits per heavy atom. The van der Waals surface area contributed by atoms with Gasteiger partial charge in [-0.25, -0.2) is 10.1 Å². The highest BCUT2D eigenvalue weighted by Crippen LogP contribution is 2.34. The molecule has 0 heterocycles. The van der Waals surface area contributed by atoms with E-state index in [1.54, 1.807) is 0 Å². The second-order valence-corrected chi connectivity index (χ2v) is 10.3. The highest BCUT2D eigenvalue weighted by molar-refractivity contribution is 5.88. The summed E-state index contributed by atoms with van der Waals surface area (Å²) >= 11 is 0. The minimum absolute atomic E-state index is 0.467. The van der Waals surface area contributed by atoms with Gasteiger partial charge in [-0.05, 0) is 35.1 Å². The lowest BCUT2D eigenvalue weighted by Gasteiger charge is -2.41. The first-order valence-electron chi connectivity index (χ1n) is 13.8. The van der Waals surface area contributed by atoms with Gasteiger partial charge in [0.2, 0.25) is 0 Å². The van der Waals surface area contributed by atoms with Crippen molar-refractivity contribution in [2.24, 2.45) is 0 Å². The SMILES string of the molecule is O=C(C(c1ccccc1)c1ccccc1)N(O)[C@H]1CCCC[C@@H]1N(O)C(=O)C(c1ccccc1)c1ccccc1. The summed E-state index contributed by atoms with van der Waals surface area (Å²) in [4.78, 5) is 27.9. The molecule has 0 unspecified atom stereocenters. The molecule has 1 aliphatic carbocycles. The first kappa shape index (κ1) is 27.3. The zero-order valence-electron chi connectivity index (χ0n) is 22.3. The summed E-state index contributed by atoms with van der Waals surface area (Å²) < 4.78 is 0. The number of carbonyl (C=O) groups excluding carboxylic acids is 2. The Morgan fingerprint density at radius 1 is 0.500 bits per heavy atom. The van der Waals surface area contributed by atoms with Crippen molar-refractivity contribution in [1.29, 1.82) is 0 Å². The van der Waals surface area contributed by atoms with Crippen LogP contribution in [0.4, 0.5) is 0 Å². The maximum absolute atomic E-state index is 13.9. The van der Waals surface area contributed by atoms with Gasteiger partial charge in [-0.1, -0.05) is 134 Å². The van der Waals surface area contributed by atoms with Crippen molar-refractivity contribution >= 4 is 11.8 Å². The van der Waals surface area contributed by atoms with Crippen LogP contribution >= 0.6 is 0 Å². The average Bonchev–Trinajstić information content (AvgIpc) is 3.02. The molecule has 6 nitrogen and oxygen atoms in total. The number of hydrogen-bond acceptors (Lipinski definition) is 4. The Hall–Kier alpha value is -4.26. The predicted molar refractivity (Wildman–Crippen MR) is 153 cm³/mol. The van der Waals surface area contributed by atoms with Crippen LogP contribution in [0.25, 0.3) is 0 Å². The lowest BCUT2D eigenvalue weighted by molar-refractivity contribution is -0.213. The molecular formula is C34H34N2O4. The molecule has 0 spiro atoms. The van der Waals surface area contributed by atoms with E-state index in [1.807, 2.05) is 121 Å². The zero-order chi connectivity index (χ0) is 27.9. The number of rotatable bonds is 8. The second kappa shape index (κ2) is 12.7. The van der Waals surface area contributed by atoms with Crippen molar-refractivity contribution in [2.75, 3.05) is 0 Å². The number of amides is 2. The van der Waals surface area contributed by atoms with E-state index in [4.69, 9.17) is 0 Å². The quantitative estimate of drug-likeness (QED) is 0.203. The van der Waals surface area contributed by atoms with E-state index in [0.29, 0.717) is 12.8 Å². The second-order valence-electron chi connectivity index (χ2n) is 10.3. The smallest absolute Gasteiger partial charge is 0.258 e. The molecule has 204 valence electrons. The monoisotopic (exact) mass is 534 g/mol. The summed E-state index contributed by atoms with van der Waals surface area (Å²) in [5.41, 5.74) is 3.04. The zero-order valence-corrected chi connectivity index (χ0v) is 22.3. The number of carbonyl (C=O) groups is 2. The fraction of sp³-hybridized carbons (Fsp3) is 0.235. The molecule has 2 amide bonds. The van der Waals surface area contributed by atoms with Crippen LogP contribution in [0.5, 0.6) is 0 Å². The number of nitrogens with zero attached hydrogens (tertiary/aromatic N) is 2. The molecule has 4 aromatic carbocycles. The first-order chi connectivity index (χ1) is 19.6. The van der Waals surface area contributed by atoms with Gasteiger partial charge in [0.05, 0.1) is 23.9 Å². The van der Waals surface area contributed by atoms with Crippen LogP contribution in [0.15, 0.2) is 121 Å². The van der Waals surface area contributed by atoms with Crippen molar-refractivity contribution in [3.05, 3.63) is 144 Å². The number of hydroxylamine groups is 4. The Morgan fingerprint density at radius 2 is 0.750 bits per heavy atom. The first-order valence-corrected chi connectivity index (χ1v) is 13.8. The van der Waals surface area contributed by atoms with Crippen molar-refractivity contribution in [2.45, 2.75) is 49.6 Å². The van der Waals surface area contributed by atoms with Gasteiger partial charge in [-0.15, -0.1) is 0 Å². The molecule has 1 aliphatic rings. The van der Waals surface area contributed by atoms with Crippen LogP contribution in [0.2, 0.25) is 0 Å². The maximum Gasteiger partial charge on any atom is 0.258 e. The predicted octanol–water partition coefficient (Wildman–Crippen LogP) is 6.40. The molecule has 1 fully saturated rings. The standard InChI is InChI=1S/C34H34N2O4/c37-33(31(25-15-5-1-6-16-25)26-17-7-2-8-18-26)35(39)29-23-13-14-24-30(29)36(40)34(38)32(27-19-9-3-10-20-27)28-21-11-4-12-22-28/h1-12,15-22,29-32,39-40H,13-14,23-24H2/t29-,30-/m0/s1. The largest absolute Gasteiger partial charge is 0.286 e. The van der Waals surface area contributed by atoms with Gasteiger partial charge >= 0.3 is 0 Å². The Balaban J connectivity index is 1.44. The normalized spacial score (nSPS) is 17.0. The molecule has 0 bridgehead atoms. The van der Waals surface area contributed by atoms with Gasteiger partial charge < -0.3 is 0 Å². The summed E-state index contributed by atoms with van der Waals surface area (Å²) in [7, 11) is 0. The van der Waals surface area contributed by atoms with E-state index in [-0.39, 0.29) is 0 Å². The van der Waals surface area contributed by atoms with Crippen LogP contribution in [-0.2, 0) is 9.59 Å². The molecule has 0 aliphatic heterocycles. The molecule has 0 saturated heterocycles. The van der Waals surface area contributed by atoms with Gasteiger partial charge in [-0.3, -0.25) is 20.0 Å². The molecule has 40 heavy (non-hydrogen) atoms. The van der Waals surface area contributed by atoms with Crippen LogP contribution < -0.4 is 0 Å². The molecule has 2 atom stereocenters. The lowest BCUT2D eigenvalue weighted by Crippen LogP contribution is -2.56. The van der Waals surface area contributed by atoms with Crippen LogP contribution in [0.3, 0.4) is 0 Å². The molecule has 2 N–H and O–H groups in total. The van der Waals surface area contributed by atoms with E-state index in [2.05, 4.69) is 0 Å². The van der Waals surface area contributed by atoms with Crippen LogP contribution in [0, 0.1) is 0 Å². The highest BCUT2D eigenvalue weighted by atomic mass is 16.5. The van der Waals surface area contributed by atoms with Crippen molar-refractivity contribution in [1.82, 2.24) is 10.1 Å². The van der Waals surface area contributed by atoms with Gasteiger partial charge in [-0.2, -0.15) is 0 Å².